The molecule has 0 atom stereocenters. The third-order valence-corrected chi connectivity index (χ3v) is 5.86. The van der Waals surface area contributed by atoms with Crippen LogP contribution in [-0.2, 0) is 14.8 Å². The molecule has 5 nitrogen and oxygen atoms in total. The minimum Gasteiger partial charge on any atom is -0.465 e. The molecule has 2 rings (SSSR count). The van der Waals surface area contributed by atoms with Gasteiger partial charge in [0.05, 0.1) is 29.9 Å². The fourth-order valence-corrected chi connectivity index (χ4v) is 4.20. The first kappa shape index (κ1) is 19.3. The van der Waals surface area contributed by atoms with Crippen LogP contribution in [0.4, 0.5) is 5.69 Å². The molecular formula is C17H15Cl2NO4S. The molecule has 0 aliphatic rings. The van der Waals surface area contributed by atoms with Crippen LogP contribution in [0.25, 0.3) is 0 Å². The van der Waals surface area contributed by atoms with Crippen LogP contribution < -0.4 is 4.31 Å². The maximum atomic E-state index is 13.1. The van der Waals surface area contributed by atoms with Crippen LogP contribution in [0, 0.1) is 0 Å². The number of esters is 1. The number of nitrogens with zero attached hydrogens (tertiary/aromatic N) is 1. The lowest BCUT2D eigenvalue weighted by atomic mass is 10.2. The second-order valence-electron chi connectivity index (χ2n) is 4.94. The summed E-state index contributed by atoms with van der Waals surface area (Å²) < 4.78 is 32.0. The second kappa shape index (κ2) is 7.91. The van der Waals surface area contributed by atoms with Gasteiger partial charge in [-0.15, -0.1) is 6.58 Å². The number of sulfonamides is 1. The van der Waals surface area contributed by atoms with Crippen molar-refractivity contribution in [3.63, 3.8) is 0 Å². The largest absolute Gasteiger partial charge is 0.465 e. The summed E-state index contributed by atoms with van der Waals surface area (Å²) in [5, 5.41) is 0.473. The van der Waals surface area contributed by atoms with Gasteiger partial charge < -0.3 is 4.74 Å². The highest BCUT2D eigenvalue weighted by atomic mass is 35.5. The Kier molecular flexibility index (Phi) is 6.11. The fourth-order valence-electron chi connectivity index (χ4n) is 2.13. The van der Waals surface area contributed by atoms with E-state index in [2.05, 4.69) is 11.3 Å². The number of anilines is 1. The molecule has 0 N–H and O–H groups in total. The molecule has 0 aliphatic carbocycles. The SMILES string of the molecule is C=CCN(c1ccc(Cl)cc1)S(=O)(=O)c1cc(C(=O)OC)ccc1Cl. The van der Waals surface area contributed by atoms with Crippen LogP contribution in [0.5, 0.6) is 0 Å². The number of carbonyl (C=O) groups is 1. The van der Waals surface area contributed by atoms with Crippen LogP contribution in [-0.4, -0.2) is 28.0 Å². The quantitative estimate of drug-likeness (QED) is 0.540. The second-order valence-corrected chi connectivity index (χ2v) is 7.61. The Morgan fingerprint density at radius 1 is 1.20 bits per heavy atom. The summed E-state index contributed by atoms with van der Waals surface area (Å²) in [6, 6.07) is 10.2. The van der Waals surface area contributed by atoms with Crippen LogP contribution >= 0.6 is 23.2 Å². The van der Waals surface area contributed by atoms with E-state index in [0.29, 0.717) is 10.7 Å². The number of rotatable bonds is 6. The van der Waals surface area contributed by atoms with E-state index in [0.717, 1.165) is 4.31 Å². The molecule has 8 heteroatoms. The number of methoxy groups -OCH3 is 1. The molecule has 0 unspecified atom stereocenters. The van der Waals surface area contributed by atoms with Crippen LogP contribution in [0.15, 0.2) is 60.0 Å². The summed E-state index contributed by atoms with van der Waals surface area (Å²) in [6.07, 6.45) is 1.45. The van der Waals surface area contributed by atoms with Gasteiger partial charge >= 0.3 is 5.97 Å². The Morgan fingerprint density at radius 3 is 2.40 bits per heavy atom. The average molecular weight is 400 g/mol. The topological polar surface area (TPSA) is 63.7 Å². The fraction of sp³-hybridized carbons (Fsp3) is 0.118. The molecular weight excluding hydrogens is 385 g/mol. The van der Waals surface area contributed by atoms with Gasteiger partial charge in [0, 0.05) is 5.02 Å². The van der Waals surface area contributed by atoms with E-state index in [4.69, 9.17) is 23.2 Å². The van der Waals surface area contributed by atoms with Crippen molar-refractivity contribution in [3.05, 3.63) is 70.7 Å². The first-order valence-electron chi connectivity index (χ1n) is 7.08. The van der Waals surface area contributed by atoms with Crippen molar-refractivity contribution in [2.24, 2.45) is 0 Å². The Morgan fingerprint density at radius 2 is 1.84 bits per heavy atom. The first-order chi connectivity index (χ1) is 11.8. The van der Waals surface area contributed by atoms with Gasteiger partial charge in [-0.2, -0.15) is 0 Å². The molecule has 0 bridgehead atoms. The van der Waals surface area contributed by atoms with Gasteiger partial charge in [-0.1, -0.05) is 29.3 Å². The highest BCUT2D eigenvalue weighted by molar-refractivity contribution is 7.93. The number of halogens is 2. The lowest BCUT2D eigenvalue weighted by Crippen LogP contribution is -2.31. The van der Waals surface area contributed by atoms with Gasteiger partial charge in [-0.05, 0) is 42.5 Å². The zero-order valence-corrected chi connectivity index (χ0v) is 15.6. The molecule has 2 aromatic carbocycles. The minimum absolute atomic E-state index is 0.00400. The van der Waals surface area contributed by atoms with Gasteiger partial charge in [0.1, 0.15) is 4.90 Å². The molecule has 0 aliphatic heterocycles. The maximum absolute atomic E-state index is 13.1. The Balaban J connectivity index is 2.59. The van der Waals surface area contributed by atoms with Crippen molar-refractivity contribution in [1.29, 1.82) is 0 Å². The molecule has 0 spiro atoms. The first-order valence-corrected chi connectivity index (χ1v) is 9.28. The molecule has 0 saturated heterocycles. The van der Waals surface area contributed by atoms with Crippen molar-refractivity contribution in [3.8, 4) is 0 Å². The number of ether oxygens (including phenoxy) is 1. The number of carbonyl (C=O) groups excluding carboxylic acids is 1. The summed E-state index contributed by atoms with van der Waals surface area (Å²) in [5.74, 6) is -0.658. The van der Waals surface area contributed by atoms with Crippen LogP contribution in [0.2, 0.25) is 10.0 Å². The van der Waals surface area contributed by atoms with Gasteiger partial charge in [-0.25, -0.2) is 13.2 Å². The molecule has 0 radical (unpaired) electrons. The van der Waals surface area contributed by atoms with Crippen molar-refractivity contribution in [1.82, 2.24) is 0 Å². The summed E-state index contributed by atoms with van der Waals surface area (Å²) in [6.45, 7) is 3.61. The maximum Gasteiger partial charge on any atom is 0.337 e. The molecule has 2 aromatic rings. The van der Waals surface area contributed by atoms with E-state index in [-0.39, 0.29) is 22.0 Å². The highest BCUT2D eigenvalue weighted by Gasteiger charge is 2.27. The summed E-state index contributed by atoms with van der Waals surface area (Å²) in [4.78, 5) is 11.5. The summed E-state index contributed by atoms with van der Waals surface area (Å²) in [7, 11) is -2.83. The van der Waals surface area contributed by atoms with Crippen molar-refractivity contribution in [2.75, 3.05) is 18.0 Å². The van der Waals surface area contributed by atoms with Crippen molar-refractivity contribution in [2.45, 2.75) is 4.90 Å². The van der Waals surface area contributed by atoms with Crippen LogP contribution in [0.1, 0.15) is 10.4 Å². The number of hydrogen-bond acceptors (Lipinski definition) is 4. The van der Waals surface area contributed by atoms with E-state index >= 15 is 0 Å². The standard InChI is InChI=1S/C17H15Cl2NO4S/c1-3-10-20(14-7-5-13(18)6-8-14)25(22,23)16-11-12(17(21)24-2)4-9-15(16)19/h3-9,11H,1,10H2,2H3. The molecule has 25 heavy (non-hydrogen) atoms. The van der Waals surface area contributed by atoms with Crippen molar-refractivity contribution < 1.29 is 17.9 Å². The van der Waals surface area contributed by atoms with E-state index in [1.807, 2.05) is 0 Å². The lowest BCUT2D eigenvalue weighted by molar-refractivity contribution is 0.0600. The summed E-state index contributed by atoms with van der Waals surface area (Å²) in [5.41, 5.74) is 0.476. The zero-order valence-electron chi connectivity index (χ0n) is 13.3. The minimum atomic E-state index is -4.04. The predicted octanol–water partition coefficient (Wildman–Crippen LogP) is 4.16. The van der Waals surface area contributed by atoms with E-state index in [1.165, 1.54) is 31.4 Å². The zero-order chi connectivity index (χ0) is 18.6. The Labute approximate surface area is 156 Å². The molecule has 0 heterocycles. The number of hydrogen-bond donors (Lipinski definition) is 0. The monoisotopic (exact) mass is 399 g/mol. The predicted molar refractivity (Wildman–Crippen MR) is 99.0 cm³/mol. The van der Waals surface area contributed by atoms with Crippen LogP contribution in [0.3, 0.4) is 0 Å². The molecule has 0 aromatic heterocycles. The molecule has 0 amide bonds. The van der Waals surface area contributed by atoms with E-state index in [1.54, 1.807) is 24.3 Å². The van der Waals surface area contributed by atoms with Crippen molar-refractivity contribution >= 4 is 44.9 Å². The lowest BCUT2D eigenvalue weighted by Gasteiger charge is -2.24. The third kappa shape index (κ3) is 4.15. The van der Waals surface area contributed by atoms with E-state index in [9.17, 15) is 13.2 Å². The highest BCUT2D eigenvalue weighted by Crippen LogP contribution is 2.30. The van der Waals surface area contributed by atoms with Gasteiger partial charge in [0.2, 0.25) is 0 Å². The summed E-state index contributed by atoms with van der Waals surface area (Å²) >= 11 is 11.9. The third-order valence-electron chi connectivity index (χ3n) is 3.33. The van der Waals surface area contributed by atoms with Gasteiger partial charge in [0.15, 0.2) is 0 Å². The smallest absolute Gasteiger partial charge is 0.337 e. The van der Waals surface area contributed by atoms with Gasteiger partial charge in [0.25, 0.3) is 10.0 Å². The molecule has 132 valence electrons. The molecule has 0 saturated carbocycles. The molecule has 0 fully saturated rings. The average Bonchev–Trinajstić information content (AvgIpc) is 2.60. The van der Waals surface area contributed by atoms with E-state index < -0.39 is 16.0 Å². The van der Waals surface area contributed by atoms with Gasteiger partial charge in [-0.3, -0.25) is 4.31 Å². The Hall–Kier alpha value is -2.02. The Bertz CT molecular complexity index is 895. The normalized spacial score (nSPS) is 11.0. The number of benzene rings is 2.